The van der Waals surface area contributed by atoms with E-state index in [9.17, 15) is 9.59 Å². The molecule has 4 rings (SSSR count). The number of ketones is 1. The highest BCUT2D eigenvalue weighted by molar-refractivity contribution is 6.39. The third-order valence-corrected chi connectivity index (χ3v) is 4.12. The fourth-order valence-corrected chi connectivity index (χ4v) is 3.17. The number of amides is 1. The van der Waals surface area contributed by atoms with Crippen LogP contribution in [0.2, 0.25) is 0 Å². The molecule has 2 aliphatic rings. The molecular formula is C18H14N2O2. The van der Waals surface area contributed by atoms with Crippen molar-refractivity contribution >= 4 is 28.6 Å². The maximum absolute atomic E-state index is 12.6. The second kappa shape index (κ2) is 4.31. The second-order valence-corrected chi connectivity index (χ2v) is 5.71. The topological polar surface area (TPSA) is 58.2 Å². The van der Waals surface area contributed by atoms with E-state index in [-0.39, 0.29) is 11.7 Å². The van der Waals surface area contributed by atoms with Gasteiger partial charge in [-0.05, 0) is 37.6 Å². The zero-order chi connectivity index (χ0) is 15.4. The Morgan fingerprint density at radius 3 is 2.45 bits per heavy atom. The molecule has 0 atom stereocenters. The first-order valence-corrected chi connectivity index (χ1v) is 7.14. The van der Waals surface area contributed by atoms with Gasteiger partial charge in [0.2, 0.25) is 5.78 Å². The van der Waals surface area contributed by atoms with Gasteiger partial charge >= 0.3 is 0 Å². The highest BCUT2D eigenvalue weighted by Crippen LogP contribution is 2.40. The molecule has 0 bridgehead atoms. The Bertz CT molecular complexity index is 894. The molecule has 0 aliphatic carbocycles. The number of benzene rings is 2. The number of anilines is 2. The molecule has 1 amide bonds. The summed E-state index contributed by atoms with van der Waals surface area (Å²) in [6.07, 6.45) is 0. The lowest BCUT2D eigenvalue weighted by molar-refractivity contribution is -0.110. The van der Waals surface area contributed by atoms with Crippen molar-refractivity contribution in [1.82, 2.24) is 0 Å². The molecule has 4 nitrogen and oxygen atoms in total. The van der Waals surface area contributed by atoms with E-state index in [1.165, 1.54) is 0 Å². The van der Waals surface area contributed by atoms with Crippen LogP contribution in [0.5, 0.6) is 0 Å². The number of carbonyl (C=O) groups excluding carboxylic acids is 2. The fourth-order valence-electron chi connectivity index (χ4n) is 3.17. The van der Waals surface area contributed by atoms with E-state index in [0.717, 1.165) is 28.1 Å². The van der Waals surface area contributed by atoms with Gasteiger partial charge in [-0.1, -0.05) is 23.8 Å². The van der Waals surface area contributed by atoms with Gasteiger partial charge < -0.3 is 10.6 Å². The molecule has 0 aromatic heterocycles. The summed E-state index contributed by atoms with van der Waals surface area (Å²) in [6, 6.07) is 11.3. The monoisotopic (exact) mass is 290 g/mol. The first kappa shape index (κ1) is 12.8. The van der Waals surface area contributed by atoms with Gasteiger partial charge in [-0.2, -0.15) is 0 Å². The maximum atomic E-state index is 12.6. The predicted molar refractivity (Wildman–Crippen MR) is 85.9 cm³/mol. The lowest BCUT2D eigenvalue weighted by atomic mass is 9.98. The van der Waals surface area contributed by atoms with E-state index in [1.807, 2.05) is 44.2 Å². The molecule has 4 heteroatoms. The highest BCUT2D eigenvalue weighted by atomic mass is 16.2. The number of rotatable bonds is 0. The van der Waals surface area contributed by atoms with Crippen LogP contribution in [0.1, 0.15) is 27.0 Å². The van der Waals surface area contributed by atoms with Gasteiger partial charge in [0.1, 0.15) is 5.70 Å². The SMILES string of the molecule is Cc1cc(C)c2c(c1)C(=C1Nc3ccccc3C1=O)C(=O)N2. The van der Waals surface area contributed by atoms with Crippen molar-refractivity contribution in [2.75, 3.05) is 10.6 Å². The third kappa shape index (κ3) is 1.64. The zero-order valence-electron chi connectivity index (χ0n) is 12.3. The van der Waals surface area contributed by atoms with Crippen LogP contribution in [0, 0.1) is 13.8 Å². The van der Waals surface area contributed by atoms with E-state index in [0.29, 0.717) is 16.8 Å². The molecule has 2 aliphatic heterocycles. The van der Waals surface area contributed by atoms with Crippen LogP contribution in [0.4, 0.5) is 11.4 Å². The van der Waals surface area contributed by atoms with Gasteiger partial charge in [0.15, 0.2) is 0 Å². The first-order valence-electron chi connectivity index (χ1n) is 7.14. The Morgan fingerprint density at radius 1 is 0.909 bits per heavy atom. The molecule has 0 fully saturated rings. The van der Waals surface area contributed by atoms with Crippen LogP contribution in [-0.2, 0) is 4.79 Å². The number of nitrogens with one attached hydrogen (secondary N) is 2. The largest absolute Gasteiger partial charge is 0.351 e. The van der Waals surface area contributed by atoms with Crippen LogP contribution >= 0.6 is 0 Å². The van der Waals surface area contributed by atoms with Gasteiger partial charge in [0.25, 0.3) is 5.91 Å². The fraction of sp³-hybridized carbons (Fsp3) is 0.111. The van der Waals surface area contributed by atoms with Crippen molar-refractivity contribution in [3.8, 4) is 0 Å². The number of allylic oxidation sites excluding steroid dienone is 1. The molecule has 2 aromatic rings. The van der Waals surface area contributed by atoms with E-state index in [1.54, 1.807) is 6.07 Å². The molecule has 0 saturated heterocycles. The van der Waals surface area contributed by atoms with Crippen LogP contribution in [0.3, 0.4) is 0 Å². The van der Waals surface area contributed by atoms with E-state index < -0.39 is 0 Å². The zero-order valence-corrected chi connectivity index (χ0v) is 12.3. The van der Waals surface area contributed by atoms with Crippen LogP contribution in [0.25, 0.3) is 5.57 Å². The molecule has 2 aromatic carbocycles. The van der Waals surface area contributed by atoms with Crippen molar-refractivity contribution in [1.29, 1.82) is 0 Å². The average molecular weight is 290 g/mol. The van der Waals surface area contributed by atoms with Gasteiger partial charge in [-0.25, -0.2) is 0 Å². The summed E-state index contributed by atoms with van der Waals surface area (Å²) < 4.78 is 0. The summed E-state index contributed by atoms with van der Waals surface area (Å²) >= 11 is 0. The molecule has 108 valence electrons. The standard InChI is InChI=1S/C18H14N2O2/c1-9-7-10(2)15-12(8-9)14(18(22)20-15)16-17(21)11-5-3-4-6-13(11)19-16/h3-8,19H,1-2H3,(H,20,22). The van der Waals surface area contributed by atoms with E-state index in [4.69, 9.17) is 0 Å². The number of aryl methyl sites for hydroxylation is 2. The Balaban J connectivity index is 1.96. The average Bonchev–Trinajstić information content (AvgIpc) is 2.97. The van der Waals surface area contributed by atoms with Crippen molar-refractivity contribution in [2.24, 2.45) is 0 Å². The maximum Gasteiger partial charge on any atom is 0.258 e. The molecule has 0 unspecified atom stereocenters. The third-order valence-electron chi connectivity index (χ3n) is 4.12. The minimum atomic E-state index is -0.229. The Labute approximate surface area is 127 Å². The number of Topliss-reactive ketones (excluding diaryl/α,β-unsaturated/α-hetero) is 1. The van der Waals surface area contributed by atoms with Crippen molar-refractivity contribution in [3.63, 3.8) is 0 Å². The van der Waals surface area contributed by atoms with Gasteiger partial charge in [0, 0.05) is 16.8 Å². The van der Waals surface area contributed by atoms with Crippen molar-refractivity contribution in [3.05, 3.63) is 64.3 Å². The minimum absolute atomic E-state index is 0.132. The summed E-state index contributed by atoms with van der Waals surface area (Å²) in [6.45, 7) is 3.94. The molecule has 2 heterocycles. The number of para-hydroxylation sites is 1. The lowest BCUT2D eigenvalue weighted by Crippen LogP contribution is -2.11. The summed E-state index contributed by atoms with van der Waals surface area (Å²) in [5.41, 5.74) is 5.81. The van der Waals surface area contributed by atoms with Crippen LogP contribution in [0.15, 0.2) is 42.1 Å². The smallest absolute Gasteiger partial charge is 0.258 e. The number of fused-ring (bicyclic) bond motifs is 2. The van der Waals surface area contributed by atoms with Gasteiger partial charge in [-0.3, -0.25) is 9.59 Å². The minimum Gasteiger partial charge on any atom is -0.351 e. The molecule has 22 heavy (non-hydrogen) atoms. The first-order chi connectivity index (χ1) is 10.6. The Morgan fingerprint density at radius 2 is 1.68 bits per heavy atom. The van der Waals surface area contributed by atoms with Crippen LogP contribution in [-0.4, -0.2) is 11.7 Å². The molecular weight excluding hydrogens is 276 g/mol. The number of hydrogen-bond donors (Lipinski definition) is 2. The molecule has 0 saturated carbocycles. The summed E-state index contributed by atoms with van der Waals surface area (Å²) in [4.78, 5) is 25.0. The number of hydrogen-bond acceptors (Lipinski definition) is 3. The van der Waals surface area contributed by atoms with Crippen LogP contribution < -0.4 is 10.6 Å². The number of carbonyl (C=O) groups is 2. The quantitative estimate of drug-likeness (QED) is 0.732. The van der Waals surface area contributed by atoms with Crippen molar-refractivity contribution < 1.29 is 9.59 Å². The lowest BCUT2D eigenvalue weighted by Gasteiger charge is -2.06. The second-order valence-electron chi connectivity index (χ2n) is 5.71. The normalized spacial score (nSPS) is 18.8. The summed E-state index contributed by atoms with van der Waals surface area (Å²) in [7, 11) is 0. The van der Waals surface area contributed by atoms with Gasteiger partial charge in [0.05, 0.1) is 11.3 Å². The molecule has 2 N–H and O–H groups in total. The predicted octanol–water partition coefficient (Wildman–Crippen LogP) is 3.28. The van der Waals surface area contributed by atoms with Gasteiger partial charge in [-0.15, -0.1) is 0 Å². The van der Waals surface area contributed by atoms with E-state index >= 15 is 0 Å². The van der Waals surface area contributed by atoms with E-state index in [2.05, 4.69) is 10.6 Å². The van der Waals surface area contributed by atoms with Crippen molar-refractivity contribution in [2.45, 2.75) is 13.8 Å². The highest BCUT2D eigenvalue weighted by Gasteiger charge is 2.35. The Hall–Kier alpha value is -2.88. The molecule has 0 spiro atoms. The summed E-state index contributed by atoms with van der Waals surface area (Å²) in [5.74, 6) is -0.361. The Kier molecular flexibility index (Phi) is 2.51. The molecule has 0 radical (unpaired) electrons. The summed E-state index contributed by atoms with van der Waals surface area (Å²) in [5, 5.41) is 5.98.